The van der Waals surface area contributed by atoms with Crippen molar-refractivity contribution in [3.63, 3.8) is 0 Å². The van der Waals surface area contributed by atoms with Crippen LogP contribution in [0.4, 0.5) is 0 Å². The zero-order chi connectivity index (χ0) is 16.7. The maximum Gasteiger partial charge on any atom is 0.326 e. The van der Waals surface area contributed by atoms with E-state index in [1.54, 1.807) is 0 Å². The van der Waals surface area contributed by atoms with E-state index in [-0.39, 0.29) is 18.3 Å². The number of hydrogen-bond acceptors (Lipinski definition) is 4. The quantitative estimate of drug-likeness (QED) is 0.561. The summed E-state index contributed by atoms with van der Waals surface area (Å²) < 4.78 is 0. The first-order valence-corrected chi connectivity index (χ1v) is 7.32. The van der Waals surface area contributed by atoms with Gasteiger partial charge in [0.2, 0.25) is 0 Å². The molecule has 0 radical (unpaired) electrons. The highest BCUT2D eigenvalue weighted by molar-refractivity contribution is 5.86. The average Bonchev–Trinajstić information content (AvgIpc) is 2.46. The molecule has 0 spiro atoms. The first-order chi connectivity index (χ1) is 10.3. The molecule has 1 aromatic rings. The Balaban J connectivity index is 0.00000484. The van der Waals surface area contributed by atoms with Crippen LogP contribution >= 0.6 is 12.4 Å². The minimum absolute atomic E-state index is 0. The van der Waals surface area contributed by atoms with Crippen LogP contribution in [0.15, 0.2) is 30.3 Å². The molecule has 0 saturated carbocycles. The van der Waals surface area contributed by atoms with Crippen LogP contribution in [-0.2, 0) is 16.0 Å². The summed E-state index contributed by atoms with van der Waals surface area (Å²) in [6.07, 6.45) is -0.826. The Morgan fingerprint density at radius 1 is 1.22 bits per heavy atom. The van der Waals surface area contributed by atoms with E-state index in [1.165, 1.54) is 0 Å². The van der Waals surface area contributed by atoms with Crippen LogP contribution in [0.3, 0.4) is 0 Å². The molecule has 7 heteroatoms. The maximum absolute atomic E-state index is 12.0. The van der Waals surface area contributed by atoms with E-state index in [0.29, 0.717) is 12.8 Å². The van der Waals surface area contributed by atoms with Gasteiger partial charge in [0, 0.05) is 6.04 Å². The van der Waals surface area contributed by atoms with Gasteiger partial charge in [-0.1, -0.05) is 44.2 Å². The third-order valence-electron chi connectivity index (χ3n) is 3.31. The van der Waals surface area contributed by atoms with Gasteiger partial charge in [0.25, 0.3) is 5.91 Å². The summed E-state index contributed by atoms with van der Waals surface area (Å²) in [5.74, 6) is -1.76. The minimum atomic E-state index is -1.45. The molecule has 0 aliphatic rings. The number of benzene rings is 1. The molecule has 0 bridgehead atoms. The van der Waals surface area contributed by atoms with Gasteiger partial charge in [-0.15, -0.1) is 12.4 Å². The van der Waals surface area contributed by atoms with Crippen LogP contribution in [0.5, 0.6) is 0 Å². The highest BCUT2D eigenvalue weighted by atomic mass is 35.5. The molecular weight excluding hydrogens is 320 g/mol. The predicted octanol–water partition coefficient (Wildman–Crippen LogP) is 0.955. The standard InChI is InChI=1S/C16H24N2O4.ClH/c1-10(2)8-13(16(21)22)18-15(20)14(19)12(17)9-11-6-4-3-5-7-11;/h3-7,10,12-14,19H,8-9,17H2,1-2H3,(H,18,20)(H,21,22);1H/t12-,13+,14-;/m1./s1. The van der Waals surface area contributed by atoms with Crippen molar-refractivity contribution in [1.82, 2.24) is 5.32 Å². The SMILES string of the molecule is CC(C)C[C@H](NC(=O)[C@H](O)[C@H](N)Cc1ccccc1)C(=O)O.Cl. The molecule has 23 heavy (non-hydrogen) atoms. The summed E-state index contributed by atoms with van der Waals surface area (Å²) >= 11 is 0. The van der Waals surface area contributed by atoms with Gasteiger partial charge in [-0.3, -0.25) is 4.79 Å². The summed E-state index contributed by atoms with van der Waals surface area (Å²) in [5.41, 5.74) is 6.75. The van der Waals surface area contributed by atoms with E-state index < -0.39 is 30.1 Å². The zero-order valence-electron chi connectivity index (χ0n) is 13.3. The summed E-state index contributed by atoms with van der Waals surface area (Å²) in [6, 6.07) is 7.44. The van der Waals surface area contributed by atoms with Crippen LogP contribution in [0.25, 0.3) is 0 Å². The van der Waals surface area contributed by atoms with Gasteiger partial charge >= 0.3 is 5.97 Å². The number of carbonyl (C=O) groups is 2. The Labute approximate surface area is 142 Å². The maximum atomic E-state index is 12.0. The number of nitrogens with one attached hydrogen (secondary N) is 1. The lowest BCUT2D eigenvalue weighted by Crippen LogP contribution is -2.52. The Hall–Kier alpha value is -1.63. The number of carboxylic acid groups (broad SMARTS) is 1. The number of nitrogens with two attached hydrogens (primary N) is 1. The van der Waals surface area contributed by atoms with E-state index in [9.17, 15) is 14.7 Å². The summed E-state index contributed by atoms with van der Waals surface area (Å²) in [7, 11) is 0. The van der Waals surface area contributed by atoms with Gasteiger partial charge < -0.3 is 21.3 Å². The number of carboxylic acids is 1. The molecule has 0 saturated heterocycles. The molecule has 0 unspecified atom stereocenters. The number of aliphatic carboxylic acids is 1. The number of hydrogen-bond donors (Lipinski definition) is 4. The average molecular weight is 345 g/mol. The lowest BCUT2D eigenvalue weighted by Gasteiger charge is -2.22. The number of amides is 1. The smallest absolute Gasteiger partial charge is 0.326 e. The van der Waals surface area contributed by atoms with Crippen molar-refractivity contribution in [2.24, 2.45) is 11.7 Å². The molecule has 6 nitrogen and oxygen atoms in total. The molecule has 0 aliphatic carbocycles. The van der Waals surface area contributed by atoms with Crippen molar-refractivity contribution < 1.29 is 19.8 Å². The summed E-state index contributed by atoms with van der Waals surface area (Å²) in [5, 5.41) is 21.4. The topological polar surface area (TPSA) is 113 Å². The summed E-state index contributed by atoms with van der Waals surface area (Å²) in [4.78, 5) is 23.1. The second-order valence-corrected chi connectivity index (χ2v) is 5.83. The molecule has 5 N–H and O–H groups in total. The van der Waals surface area contributed by atoms with Crippen molar-refractivity contribution in [3.8, 4) is 0 Å². The van der Waals surface area contributed by atoms with E-state index in [1.807, 2.05) is 44.2 Å². The highest BCUT2D eigenvalue weighted by Crippen LogP contribution is 2.08. The first-order valence-electron chi connectivity index (χ1n) is 7.32. The monoisotopic (exact) mass is 344 g/mol. The minimum Gasteiger partial charge on any atom is -0.480 e. The van der Waals surface area contributed by atoms with Crippen LogP contribution in [0.1, 0.15) is 25.8 Å². The largest absolute Gasteiger partial charge is 0.480 e. The predicted molar refractivity (Wildman–Crippen MR) is 90.4 cm³/mol. The Bertz CT molecular complexity index is 496. The fourth-order valence-corrected chi connectivity index (χ4v) is 2.14. The Morgan fingerprint density at radius 2 is 1.78 bits per heavy atom. The van der Waals surface area contributed by atoms with Gasteiger partial charge in [0.05, 0.1) is 0 Å². The fourth-order valence-electron chi connectivity index (χ4n) is 2.14. The van der Waals surface area contributed by atoms with Crippen molar-refractivity contribution in [2.45, 2.75) is 44.9 Å². The molecule has 1 rings (SSSR count). The van der Waals surface area contributed by atoms with Crippen LogP contribution in [0.2, 0.25) is 0 Å². The van der Waals surface area contributed by atoms with Crippen molar-refractivity contribution in [3.05, 3.63) is 35.9 Å². The van der Waals surface area contributed by atoms with Crippen LogP contribution < -0.4 is 11.1 Å². The second kappa shape index (κ2) is 10.2. The highest BCUT2D eigenvalue weighted by Gasteiger charge is 2.28. The lowest BCUT2D eigenvalue weighted by atomic mass is 10.00. The van der Waals surface area contributed by atoms with Gasteiger partial charge in [-0.05, 0) is 24.3 Å². The molecule has 0 aromatic heterocycles. The molecule has 0 aliphatic heterocycles. The number of aliphatic hydroxyl groups is 1. The molecular formula is C16H25ClN2O4. The van der Waals surface area contributed by atoms with Crippen LogP contribution in [-0.4, -0.2) is 40.3 Å². The Morgan fingerprint density at radius 3 is 2.26 bits per heavy atom. The van der Waals surface area contributed by atoms with Gasteiger partial charge in [0.15, 0.2) is 0 Å². The normalized spacial score (nSPS) is 14.5. The molecule has 0 heterocycles. The lowest BCUT2D eigenvalue weighted by molar-refractivity contribution is -0.144. The van der Waals surface area contributed by atoms with E-state index in [2.05, 4.69) is 5.32 Å². The Kier molecular flexibility index (Phi) is 9.48. The van der Waals surface area contributed by atoms with Crippen molar-refractivity contribution >= 4 is 24.3 Å². The van der Waals surface area contributed by atoms with Gasteiger partial charge in [-0.2, -0.15) is 0 Å². The number of aliphatic hydroxyl groups excluding tert-OH is 1. The number of carbonyl (C=O) groups excluding carboxylic acids is 1. The fraction of sp³-hybridized carbons (Fsp3) is 0.500. The molecule has 1 amide bonds. The van der Waals surface area contributed by atoms with E-state index >= 15 is 0 Å². The van der Waals surface area contributed by atoms with Gasteiger partial charge in [0.1, 0.15) is 12.1 Å². The summed E-state index contributed by atoms with van der Waals surface area (Å²) in [6.45, 7) is 3.72. The van der Waals surface area contributed by atoms with Gasteiger partial charge in [-0.25, -0.2) is 4.79 Å². The number of halogens is 1. The first kappa shape index (κ1) is 21.4. The van der Waals surface area contributed by atoms with Crippen molar-refractivity contribution in [2.75, 3.05) is 0 Å². The number of rotatable bonds is 8. The van der Waals surface area contributed by atoms with E-state index in [4.69, 9.17) is 10.8 Å². The third kappa shape index (κ3) is 7.45. The molecule has 3 atom stereocenters. The van der Waals surface area contributed by atoms with Crippen molar-refractivity contribution in [1.29, 1.82) is 0 Å². The molecule has 1 aromatic carbocycles. The second-order valence-electron chi connectivity index (χ2n) is 5.83. The third-order valence-corrected chi connectivity index (χ3v) is 3.31. The molecule has 130 valence electrons. The van der Waals surface area contributed by atoms with Crippen LogP contribution in [0, 0.1) is 5.92 Å². The van der Waals surface area contributed by atoms with E-state index in [0.717, 1.165) is 5.56 Å². The molecule has 0 fully saturated rings. The zero-order valence-corrected chi connectivity index (χ0v) is 14.1.